The van der Waals surface area contributed by atoms with Gasteiger partial charge in [0.1, 0.15) is 0 Å². The van der Waals surface area contributed by atoms with Crippen LogP contribution in [-0.4, -0.2) is 18.7 Å². The van der Waals surface area contributed by atoms with Crippen LogP contribution in [0.3, 0.4) is 0 Å². The van der Waals surface area contributed by atoms with Gasteiger partial charge < -0.3 is 9.88 Å². The number of rotatable bonds is 4. The number of aromatic nitrogens is 4. The normalized spacial score (nSPS) is 10.6. The van der Waals surface area contributed by atoms with Gasteiger partial charge in [0.25, 0.3) is 5.56 Å². The number of benzene rings is 2. The van der Waals surface area contributed by atoms with Crippen LogP contribution in [0.15, 0.2) is 76.6 Å². The van der Waals surface area contributed by atoms with Crippen molar-refractivity contribution in [1.29, 1.82) is 0 Å². The first kappa shape index (κ1) is 20.3. The Morgan fingerprint density at radius 1 is 0.793 bits per heavy atom. The molecule has 0 bridgehead atoms. The standard InChI is InChI=1S/C14H15N.C8H10N4O2/c1-3-7-13(8-4-1)11-15-12-14-9-5-2-6-10-14;1-10-4-9-6-5(10)7(13)12(3)8(14)11(6)2/h1-10,15H,11-12H2;4H,1-3H3. The molecule has 0 aliphatic rings. The average Bonchev–Trinajstić information content (AvgIpc) is 3.14. The topological polar surface area (TPSA) is 73.8 Å². The van der Waals surface area contributed by atoms with E-state index in [0.717, 1.165) is 17.7 Å². The van der Waals surface area contributed by atoms with Gasteiger partial charge in [-0.05, 0) is 11.1 Å². The minimum absolute atomic E-state index is 0.317. The highest BCUT2D eigenvalue weighted by atomic mass is 16.2. The summed E-state index contributed by atoms with van der Waals surface area (Å²) < 4.78 is 4.04. The maximum atomic E-state index is 11.7. The van der Waals surface area contributed by atoms with Gasteiger partial charge in [-0.25, -0.2) is 9.78 Å². The predicted octanol–water partition coefficient (Wildman–Crippen LogP) is 1.95. The van der Waals surface area contributed by atoms with Crippen molar-refractivity contribution in [3.05, 3.63) is 99.0 Å². The minimum Gasteiger partial charge on any atom is -0.328 e. The second-order valence-electron chi connectivity index (χ2n) is 6.81. The zero-order valence-corrected chi connectivity index (χ0v) is 16.9. The van der Waals surface area contributed by atoms with Crippen molar-refractivity contribution in [1.82, 2.24) is 24.0 Å². The highest BCUT2D eigenvalue weighted by Crippen LogP contribution is 2.02. The molecule has 0 atom stereocenters. The molecule has 0 saturated carbocycles. The summed E-state index contributed by atoms with van der Waals surface area (Å²) in [6.07, 6.45) is 1.52. The Morgan fingerprint density at radius 3 is 1.83 bits per heavy atom. The number of nitrogens with zero attached hydrogens (tertiary/aromatic N) is 4. The molecule has 2 aromatic carbocycles. The van der Waals surface area contributed by atoms with Crippen LogP contribution in [0.1, 0.15) is 11.1 Å². The Hall–Kier alpha value is -3.45. The minimum atomic E-state index is -0.360. The molecule has 0 amide bonds. The van der Waals surface area contributed by atoms with Gasteiger partial charge in [0.2, 0.25) is 0 Å². The molecule has 7 nitrogen and oxygen atoms in total. The van der Waals surface area contributed by atoms with Gasteiger partial charge in [-0.1, -0.05) is 60.7 Å². The van der Waals surface area contributed by atoms with Crippen molar-refractivity contribution in [2.45, 2.75) is 13.1 Å². The maximum absolute atomic E-state index is 11.7. The van der Waals surface area contributed by atoms with Gasteiger partial charge in [-0.15, -0.1) is 0 Å². The van der Waals surface area contributed by atoms with Gasteiger partial charge in [-0.2, -0.15) is 0 Å². The molecule has 7 heteroatoms. The fourth-order valence-corrected chi connectivity index (χ4v) is 3.01. The zero-order valence-electron chi connectivity index (χ0n) is 16.9. The van der Waals surface area contributed by atoms with Crippen LogP contribution >= 0.6 is 0 Å². The summed E-state index contributed by atoms with van der Waals surface area (Å²) in [5, 5.41) is 3.42. The third-order valence-corrected chi connectivity index (χ3v) is 4.66. The molecule has 0 radical (unpaired) electrons. The first-order valence-corrected chi connectivity index (χ1v) is 9.34. The highest BCUT2D eigenvalue weighted by Gasteiger charge is 2.11. The highest BCUT2D eigenvalue weighted by molar-refractivity contribution is 5.69. The van der Waals surface area contributed by atoms with Gasteiger partial charge in [-0.3, -0.25) is 13.9 Å². The van der Waals surface area contributed by atoms with Crippen molar-refractivity contribution in [2.75, 3.05) is 0 Å². The van der Waals surface area contributed by atoms with E-state index in [1.54, 1.807) is 18.7 Å². The number of aryl methyl sites for hydroxylation is 2. The van der Waals surface area contributed by atoms with E-state index in [1.807, 2.05) is 12.1 Å². The average molecular weight is 391 g/mol. The van der Waals surface area contributed by atoms with E-state index in [-0.39, 0.29) is 11.2 Å². The lowest BCUT2D eigenvalue weighted by molar-refractivity contribution is 0.693. The first-order valence-electron chi connectivity index (χ1n) is 9.34. The third-order valence-electron chi connectivity index (χ3n) is 4.66. The third kappa shape index (κ3) is 4.70. The van der Waals surface area contributed by atoms with E-state index in [9.17, 15) is 9.59 Å². The Labute approximate surface area is 168 Å². The van der Waals surface area contributed by atoms with E-state index >= 15 is 0 Å². The van der Waals surface area contributed by atoms with E-state index in [2.05, 4.69) is 58.8 Å². The largest absolute Gasteiger partial charge is 0.332 e. The van der Waals surface area contributed by atoms with Gasteiger partial charge in [0.15, 0.2) is 11.2 Å². The van der Waals surface area contributed by atoms with Crippen LogP contribution in [-0.2, 0) is 34.2 Å². The number of fused-ring (bicyclic) bond motifs is 1. The second kappa shape index (κ2) is 9.16. The zero-order chi connectivity index (χ0) is 20.8. The van der Waals surface area contributed by atoms with Crippen molar-refractivity contribution in [3.63, 3.8) is 0 Å². The Kier molecular flexibility index (Phi) is 6.41. The molecule has 4 rings (SSSR count). The number of imidazole rings is 1. The number of hydrogen-bond acceptors (Lipinski definition) is 4. The summed E-state index contributed by atoms with van der Waals surface area (Å²) in [4.78, 5) is 27.2. The number of hydrogen-bond donors (Lipinski definition) is 1. The summed E-state index contributed by atoms with van der Waals surface area (Å²) in [6.45, 7) is 1.85. The lowest BCUT2D eigenvalue weighted by Gasteiger charge is -2.04. The lowest BCUT2D eigenvalue weighted by Crippen LogP contribution is -2.37. The molecule has 0 aliphatic carbocycles. The molecule has 0 saturated heterocycles. The van der Waals surface area contributed by atoms with Gasteiger partial charge in [0.05, 0.1) is 6.33 Å². The van der Waals surface area contributed by atoms with E-state index in [0.29, 0.717) is 11.2 Å². The molecule has 1 N–H and O–H groups in total. The SMILES string of the molecule is Cn1c(=O)c2c(ncn2C)n(C)c1=O.c1ccc(CNCc2ccccc2)cc1. The summed E-state index contributed by atoms with van der Waals surface area (Å²) in [5.41, 5.74) is 2.83. The van der Waals surface area contributed by atoms with Crippen molar-refractivity contribution in [3.8, 4) is 0 Å². The lowest BCUT2D eigenvalue weighted by atomic mass is 10.2. The van der Waals surface area contributed by atoms with Crippen LogP contribution in [0.5, 0.6) is 0 Å². The molecule has 2 heterocycles. The van der Waals surface area contributed by atoms with Crippen molar-refractivity contribution in [2.24, 2.45) is 21.1 Å². The predicted molar refractivity (Wildman–Crippen MR) is 115 cm³/mol. The second-order valence-corrected chi connectivity index (χ2v) is 6.81. The van der Waals surface area contributed by atoms with E-state index < -0.39 is 0 Å². The maximum Gasteiger partial charge on any atom is 0.332 e. The van der Waals surface area contributed by atoms with Gasteiger partial charge >= 0.3 is 5.69 Å². The van der Waals surface area contributed by atoms with E-state index in [4.69, 9.17) is 0 Å². The number of nitrogens with one attached hydrogen (secondary N) is 1. The summed E-state index contributed by atoms with van der Waals surface area (Å²) in [6, 6.07) is 20.9. The Balaban J connectivity index is 0.000000166. The van der Waals surface area contributed by atoms with Gasteiger partial charge in [0, 0.05) is 34.2 Å². The fraction of sp³-hybridized carbons (Fsp3) is 0.227. The van der Waals surface area contributed by atoms with Crippen molar-refractivity contribution >= 4 is 11.2 Å². The fourth-order valence-electron chi connectivity index (χ4n) is 3.01. The van der Waals surface area contributed by atoms with Crippen LogP contribution in [0.4, 0.5) is 0 Å². The summed E-state index contributed by atoms with van der Waals surface area (Å²) in [7, 11) is 4.77. The van der Waals surface area contributed by atoms with Crippen LogP contribution in [0.25, 0.3) is 11.2 Å². The molecule has 4 aromatic rings. The summed E-state index contributed by atoms with van der Waals surface area (Å²) in [5.74, 6) is 0. The van der Waals surface area contributed by atoms with E-state index in [1.165, 1.54) is 29.1 Å². The summed E-state index contributed by atoms with van der Waals surface area (Å²) >= 11 is 0. The molecule has 29 heavy (non-hydrogen) atoms. The molecule has 2 aromatic heterocycles. The van der Waals surface area contributed by atoms with Crippen molar-refractivity contribution < 1.29 is 0 Å². The molecule has 0 unspecified atom stereocenters. The Bertz CT molecular complexity index is 1150. The quantitative estimate of drug-likeness (QED) is 0.577. The van der Waals surface area contributed by atoms with Crippen LogP contribution < -0.4 is 16.6 Å². The monoisotopic (exact) mass is 391 g/mol. The molecular weight excluding hydrogens is 366 g/mol. The van der Waals surface area contributed by atoms with Crippen LogP contribution in [0.2, 0.25) is 0 Å². The molecule has 0 fully saturated rings. The molecule has 0 spiro atoms. The first-order chi connectivity index (χ1) is 14.0. The smallest absolute Gasteiger partial charge is 0.328 e. The molecule has 150 valence electrons. The molecular formula is C22H25N5O2. The molecule has 0 aliphatic heterocycles. The Morgan fingerprint density at radius 2 is 1.31 bits per heavy atom. The van der Waals surface area contributed by atoms with Crippen LogP contribution in [0, 0.1) is 0 Å².